The molecule has 1 N–H and O–H groups in total. The normalized spacial score (nSPS) is 21.3. The third-order valence-corrected chi connectivity index (χ3v) is 5.09. The van der Waals surface area contributed by atoms with Gasteiger partial charge in [0.15, 0.2) is 0 Å². The summed E-state index contributed by atoms with van der Waals surface area (Å²) in [7, 11) is 1.55. The zero-order chi connectivity index (χ0) is 38.9. The molecule has 0 radical (unpaired) electrons. The fraction of sp³-hybridized carbons (Fsp3) is 0.500. The fourth-order valence-corrected chi connectivity index (χ4v) is 2.95. The third kappa shape index (κ3) is 7.96. The maximum atomic E-state index is 13.8. The first kappa shape index (κ1) is 12.3. The SMILES string of the molecule is [2H]C([2H])([2H])C(N(C)C(=O)CN(CCO)CC(=O)N(C)C(C([2H])([2H])[2H])(C([2H])([2H])[2H])C([2H])([2H])c1ccccc1)(C([2H])([2H])[2H])C([2H])([2H])c1ccccc1. The van der Waals surface area contributed by atoms with Crippen LogP contribution in [-0.4, -0.2) is 83.0 Å². The van der Waals surface area contributed by atoms with Gasteiger partial charge in [-0.3, -0.25) is 14.5 Å². The van der Waals surface area contributed by atoms with Crippen molar-refractivity contribution in [3.63, 3.8) is 0 Å². The topological polar surface area (TPSA) is 64.1 Å². The van der Waals surface area contributed by atoms with Crippen molar-refractivity contribution in [2.75, 3.05) is 40.3 Å². The van der Waals surface area contributed by atoms with Crippen molar-refractivity contribution < 1.29 is 36.6 Å². The van der Waals surface area contributed by atoms with Crippen molar-refractivity contribution >= 4 is 11.8 Å². The maximum Gasteiger partial charge on any atom is 0.236 e. The Labute approximate surface area is 227 Å². The standard InChI is InChI=1S/C28H41N3O3/c1-27(2,19-23-13-9-7-10-14-23)29(5)25(33)21-31(17-18-32)22-26(34)30(6)28(3,4)20-24-15-11-8-12-16-24/h7-16,32H,17-22H2,1-6H3/i1D3,2D3,3D3,4D3,19D2,20D2. The highest BCUT2D eigenvalue weighted by Gasteiger charge is 2.31. The van der Waals surface area contributed by atoms with Crippen LogP contribution in [0, 0.1) is 0 Å². The van der Waals surface area contributed by atoms with Gasteiger partial charge >= 0.3 is 0 Å². The van der Waals surface area contributed by atoms with E-state index in [9.17, 15) is 14.7 Å². The summed E-state index contributed by atoms with van der Waals surface area (Å²) < 4.78 is 134. The second kappa shape index (κ2) is 12.1. The number of nitrogens with zero attached hydrogens (tertiary/aromatic N) is 3. The Bertz CT molecular complexity index is 1320. The van der Waals surface area contributed by atoms with Gasteiger partial charge in [-0.1, -0.05) is 60.7 Å². The van der Waals surface area contributed by atoms with E-state index in [1.165, 1.54) is 36.4 Å². The molecule has 0 aliphatic heterocycles. The van der Waals surface area contributed by atoms with Crippen LogP contribution >= 0.6 is 0 Å². The number of hydrogen-bond acceptors (Lipinski definition) is 4. The molecule has 186 valence electrons. The Hall–Kier alpha value is -2.70. The van der Waals surface area contributed by atoms with Crippen LogP contribution in [0.2, 0.25) is 0 Å². The van der Waals surface area contributed by atoms with Crippen molar-refractivity contribution in [2.24, 2.45) is 0 Å². The molecule has 2 aromatic carbocycles. The highest BCUT2D eigenvalue weighted by atomic mass is 16.3. The van der Waals surface area contributed by atoms with Gasteiger partial charge < -0.3 is 14.9 Å². The lowest BCUT2D eigenvalue weighted by Crippen LogP contribution is -2.53. The monoisotopic (exact) mass is 483 g/mol. The summed E-state index contributed by atoms with van der Waals surface area (Å²) in [6, 6.07) is 13.0. The fourth-order valence-electron chi connectivity index (χ4n) is 2.95. The van der Waals surface area contributed by atoms with Gasteiger partial charge in [0.25, 0.3) is 0 Å². The second-order valence-electron chi connectivity index (χ2n) is 7.74. The summed E-state index contributed by atoms with van der Waals surface area (Å²) in [5.41, 5.74) is -7.76. The molecule has 0 saturated heterocycles. The van der Waals surface area contributed by atoms with E-state index in [4.69, 9.17) is 21.9 Å². The summed E-state index contributed by atoms with van der Waals surface area (Å²) >= 11 is 0. The highest BCUT2D eigenvalue weighted by Crippen LogP contribution is 2.21. The van der Waals surface area contributed by atoms with Gasteiger partial charge in [-0.15, -0.1) is 0 Å². The van der Waals surface area contributed by atoms with Gasteiger partial charge in [-0.25, -0.2) is 0 Å². The molecule has 0 aliphatic rings. The van der Waals surface area contributed by atoms with Crippen LogP contribution in [0.25, 0.3) is 0 Å². The van der Waals surface area contributed by atoms with Crippen LogP contribution in [0.5, 0.6) is 0 Å². The Morgan fingerprint density at radius 1 is 0.794 bits per heavy atom. The zero-order valence-electron chi connectivity index (χ0n) is 35.2. The average Bonchev–Trinajstić information content (AvgIpc) is 2.95. The Morgan fingerprint density at radius 3 is 1.50 bits per heavy atom. The van der Waals surface area contributed by atoms with E-state index in [1.807, 2.05) is 0 Å². The Kier molecular flexibility index (Phi) is 4.40. The minimum Gasteiger partial charge on any atom is -0.395 e. The highest BCUT2D eigenvalue weighted by molar-refractivity contribution is 5.82. The summed E-state index contributed by atoms with van der Waals surface area (Å²) in [5.74, 6) is -2.67. The van der Waals surface area contributed by atoms with E-state index in [-0.39, 0.29) is 20.9 Å². The van der Waals surface area contributed by atoms with Gasteiger partial charge in [0.2, 0.25) is 11.8 Å². The number of carbonyl (C=O) groups is 2. The first-order valence-corrected chi connectivity index (χ1v) is 10.5. The molecule has 2 rings (SSSR count). The average molecular weight is 484 g/mol. The van der Waals surface area contributed by atoms with E-state index < -0.39 is 89.3 Å². The van der Waals surface area contributed by atoms with E-state index in [0.717, 1.165) is 43.3 Å². The van der Waals surface area contributed by atoms with Gasteiger partial charge in [0.1, 0.15) is 0 Å². The number of carbonyl (C=O) groups excluding carboxylic acids is 2. The molecule has 0 bridgehead atoms. The van der Waals surface area contributed by atoms with Crippen LogP contribution < -0.4 is 0 Å². The maximum absolute atomic E-state index is 13.8. The van der Waals surface area contributed by atoms with Crippen LogP contribution in [-0.2, 0) is 22.3 Å². The molecule has 0 saturated carbocycles. The summed E-state index contributed by atoms with van der Waals surface area (Å²) in [4.78, 5) is 29.0. The largest absolute Gasteiger partial charge is 0.395 e. The van der Waals surface area contributed by atoms with Crippen molar-refractivity contribution in [1.82, 2.24) is 14.7 Å². The van der Waals surface area contributed by atoms with Crippen LogP contribution in [0.1, 0.15) is 60.5 Å². The number of hydrogen-bond donors (Lipinski definition) is 1. The summed E-state index contributed by atoms with van der Waals surface area (Å²) in [5, 5.41) is 9.76. The molecule has 0 spiro atoms. The molecule has 0 heterocycles. The van der Waals surface area contributed by atoms with Crippen LogP contribution in [0.3, 0.4) is 0 Å². The molecule has 0 unspecified atom stereocenters. The van der Waals surface area contributed by atoms with Crippen LogP contribution in [0.15, 0.2) is 60.7 Å². The second-order valence-corrected chi connectivity index (χ2v) is 7.74. The van der Waals surface area contributed by atoms with E-state index in [2.05, 4.69) is 0 Å². The third-order valence-electron chi connectivity index (χ3n) is 5.09. The van der Waals surface area contributed by atoms with Crippen LogP contribution in [0.4, 0.5) is 0 Å². The lowest BCUT2D eigenvalue weighted by atomic mass is 9.93. The Balaban J connectivity index is 2.67. The number of likely N-dealkylation sites (N-methyl/N-ethyl adjacent to an activating group) is 2. The molecular formula is C28H41N3O3. The quantitative estimate of drug-likeness (QED) is 0.503. The lowest BCUT2D eigenvalue weighted by Gasteiger charge is -2.39. The minimum atomic E-state index is -3.69. The zero-order valence-corrected chi connectivity index (χ0v) is 19.2. The van der Waals surface area contributed by atoms with Gasteiger partial charge in [-0.2, -0.15) is 0 Å². The van der Waals surface area contributed by atoms with E-state index >= 15 is 0 Å². The van der Waals surface area contributed by atoms with Crippen molar-refractivity contribution in [3.8, 4) is 0 Å². The van der Waals surface area contributed by atoms with Gasteiger partial charge in [-0.05, 0) is 51.3 Å². The molecule has 6 nitrogen and oxygen atoms in total. The smallest absolute Gasteiger partial charge is 0.236 e. The number of aliphatic hydroxyl groups excluding tert-OH is 1. The summed E-state index contributed by atoms with van der Waals surface area (Å²) in [6.45, 7) is -18.1. The van der Waals surface area contributed by atoms with Gasteiger partial charge in [0, 0.05) is 53.7 Å². The number of aliphatic hydroxyl groups is 1. The predicted octanol–water partition coefficient (Wildman–Crippen LogP) is 3.24. The lowest BCUT2D eigenvalue weighted by molar-refractivity contribution is -0.139. The minimum absolute atomic E-state index is 0.224. The molecular weight excluding hydrogens is 426 g/mol. The molecule has 2 aromatic rings. The van der Waals surface area contributed by atoms with E-state index in [0.29, 0.717) is 0 Å². The molecule has 0 aromatic heterocycles. The van der Waals surface area contributed by atoms with Crippen molar-refractivity contribution in [1.29, 1.82) is 0 Å². The predicted molar refractivity (Wildman–Crippen MR) is 138 cm³/mol. The molecule has 0 aliphatic carbocycles. The number of amides is 2. The Morgan fingerprint density at radius 2 is 1.18 bits per heavy atom. The van der Waals surface area contributed by atoms with Crippen molar-refractivity contribution in [2.45, 2.75) is 51.2 Å². The molecule has 6 heteroatoms. The molecule has 0 fully saturated rings. The first-order chi connectivity index (χ1) is 22.5. The molecule has 34 heavy (non-hydrogen) atoms. The number of benzene rings is 2. The summed E-state index contributed by atoms with van der Waals surface area (Å²) in [6.07, 6.45) is -6.48. The molecule has 0 atom stereocenters. The van der Waals surface area contributed by atoms with Gasteiger partial charge in [0.05, 0.1) is 19.7 Å². The molecule has 2 amide bonds. The first-order valence-electron chi connectivity index (χ1n) is 18.5. The van der Waals surface area contributed by atoms with E-state index in [1.54, 1.807) is 0 Å². The van der Waals surface area contributed by atoms with Crippen molar-refractivity contribution in [3.05, 3.63) is 71.8 Å². The number of rotatable bonds is 12.